The van der Waals surface area contributed by atoms with Gasteiger partial charge < -0.3 is 20.3 Å². The van der Waals surface area contributed by atoms with Crippen molar-refractivity contribution in [3.05, 3.63) is 65.2 Å². The number of thiophene rings is 1. The molecule has 0 fully saturated rings. The van der Waals surface area contributed by atoms with Gasteiger partial charge in [0.15, 0.2) is 0 Å². The third kappa shape index (κ3) is 5.50. The van der Waals surface area contributed by atoms with Crippen molar-refractivity contribution in [3.63, 3.8) is 0 Å². The summed E-state index contributed by atoms with van der Waals surface area (Å²) in [6, 6.07) is 11.1. The van der Waals surface area contributed by atoms with E-state index in [9.17, 15) is 4.79 Å². The molecule has 0 saturated carbocycles. The molecule has 7 nitrogen and oxygen atoms in total. The summed E-state index contributed by atoms with van der Waals surface area (Å²) in [5.74, 6) is 0.960. The molecule has 0 aliphatic rings. The van der Waals surface area contributed by atoms with Gasteiger partial charge in [0.1, 0.15) is 5.75 Å². The third-order valence-corrected chi connectivity index (χ3v) is 4.78. The van der Waals surface area contributed by atoms with Crippen LogP contribution in [0.25, 0.3) is 0 Å². The van der Waals surface area contributed by atoms with Gasteiger partial charge in [-0.3, -0.25) is 4.98 Å². The van der Waals surface area contributed by atoms with E-state index in [1.165, 1.54) is 11.1 Å². The van der Waals surface area contributed by atoms with Gasteiger partial charge in [-0.1, -0.05) is 12.1 Å². The summed E-state index contributed by atoms with van der Waals surface area (Å²) in [6.45, 7) is 0.509. The minimum absolute atomic E-state index is 0.127. The van der Waals surface area contributed by atoms with Crippen LogP contribution in [0.2, 0.25) is 0 Å². The number of rotatable bonds is 7. The number of amides is 2. The van der Waals surface area contributed by atoms with Crippen molar-refractivity contribution < 1.29 is 9.53 Å². The van der Waals surface area contributed by atoms with Crippen molar-refractivity contribution in [1.82, 2.24) is 20.2 Å². The zero-order valence-corrected chi connectivity index (χ0v) is 15.9. The van der Waals surface area contributed by atoms with Gasteiger partial charge in [-0.25, -0.2) is 9.78 Å². The monoisotopic (exact) mass is 383 g/mol. The lowest BCUT2D eigenvalue weighted by molar-refractivity contribution is 0.244. The Morgan fingerprint density at radius 3 is 2.85 bits per heavy atom. The molecular formula is C19H21N5O2S. The quantitative estimate of drug-likeness (QED) is 0.649. The molecule has 8 heteroatoms. The maximum Gasteiger partial charge on any atom is 0.319 e. The van der Waals surface area contributed by atoms with Gasteiger partial charge in [-0.15, -0.1) is 11.3 Å². The number of nitrogens with one attached hydrogen (secondary N) is 2. The van der Waals surface area contributed by atoms with Crippen LogP contribution in [0.4, 0.5) is 10.5 Å². The second-order valence-corrected chi connectivity index (χ2v) is 6.98. The number of nitrogens with zero attached hydrogens (tertiary/aromatic N) is 3. The summed E-state index contributed by atoms with van der Waals surface area (Å²) in [4.78, 5) is 23.6. The van der Waals surface area contributed by atoms with E-state index in [1.54, 1.807) is 48.0 Å². The highest BCUT2D eigenvalue weighted by Crippen LogP contribution is 2.23. The second-order valence-electron chi connectivity index (χ2n) is 6.00. The Morgan fingerprint density at radius 2 is 2.15 bits per heavy atom. The molecule has 3 aromatic rings. The molecule has 1 atom stereocenters. The molecular weight excluding hydrogens is 362 g/mol. The summed E-state index contributed by atoms with van der Waals surface area (Å²) >= 11 is 1.68. The van der Waals surface area contributed by atoms with Gasteiger partial charge >= 0.3 is 6.03 Å². The number of anilines is 1. The van der Waals surface area contributed by atoms with Crippen molar-refractivity contribution in [1.29, 1.82) is 0 Å². The zero-order valence-electron chi connectivity index (χ0n) is 15.1. The summed E-state index contributed by atoms with van der Waals surface area (Å²) in [6.07, 6.45) is 4.66. The molecule has 2 aromatic heterocycles. The molecule has 0 saturated heterocycles. The van der Waals surface area contributed by atoms with Gasteiger partial charge in [-0.05, 0) is 37.7 Å². The minimum Gasteiger partial charge on any atom is -0.437 e. The summed E-state index contributed by atoms with van der Waals surface area (Å²) in [7, 11) is 3.99. The van der Waals surface area contributed by atoms with Crippen LogP contribution in [0.5, 0.6) is 11.6 Å². The number of hydrogen-bond acceptors (Lipinski definition) is 6. The number of carbonyl (C=O) groups is 1. The molecule has 0 spiro atoms. The van der Waals surface area contributed by atoms with Gasteiger partial charge in [-0.2, -0.15) is 0 Å². The number of carbonyl (C=O) groups excluding carboxylic acids is 1. The first-order chi connectivity index (χ1) is 13.1. The predicted octanol–water partition coefficient (Wildman–Crippen LogP) is 3.75. The topological polar surface area (TPSA) is 79.4 Å². The molecule has 27 heavy (non-hydrogen) atoms. The molecule has 1 aromatic carbocycles. The van der Waals surface area contributed by atoms with E-state index in [-0.39, 0.29) is 12.1 Å². The Kier molecular flexibility index (Phi) is 6.35. The van der Waals surface area contributed by atoms with E-state index >= 15 is 0 Å². The van der Waals surface area contributed by atoms with Crippen molar-refractivity contribution in [2.45, 2.75) is 6.04 Å². The first kappa shape index (κ1) is 18.8. The Balaban J connectivity index is 1.57. The summed E-state index contributed by atoms with van der Waals surface area (Å²) in [5, 5.41) is 7.78. The normalized spacial score (nSPS) is 11.8. The lowest BCUT2D eigenvalue weighted by Crippen LogP contribution is -2.36. The van der Waals surface area contributed by atoms with Crippen LogP contribution < -0.4 is 15.4 Å². The van der Waals surface area contributed by atoms with Crippen LogP contribution in [-0.4, -0.2) is 41.5 Å². The van der Waals surface area contributed by atoms with Gasteiger partial charge in [0, 0.05) is 35.6 Å². The Morgan fingerprint density at radius 1 is 1.26 bits per heavy atom. The zero-order chi connectivity index (χ0) is 19.1. The van der Waals surface area contributed by atoms with Crippen LogP contribution in [0.15, 0.2) is 60.4 Å². The number of benzene rings is 1. The average Bonchev–Trinajstić information content (AvgIpc) is 3.17. The molecule has 0 unspecified atom stereocenters. The van der Waals surface area contributed by atoms with Crippen LogP contribution in [0, 0.1) is 0 Å². The van der Waals surface area contributed by atoms with Gasteiger partial charge in [0.05, 0.1) is 12.2 Å². The number of urea groups is 1. The highest BCUT2D eigenvalue weighted by molar-refractivity contribution is 7.10. The molecule has 0 aliphatic carbocycles. The molecule has 0 aliphatic heterocycles. The minimum atomic E-state index is -0.268. The van der Waals surface area contributed by atoms with E-state index in [4.69, 9.17) is 4.74 Å². The summed E-state index contributed by atoms with van der Waals surface area (Å²) < 4.78 is 5.63. The second kappa shape index (κ2) is 9.11. The lowest BCUT2D eigenvalue weighted by atomic mass is 10.2. The molecule has 3 rings (SSSR count). The molecule has 0 bridgehead atoms. The van der Waals surface area contributed by atoms with E-state index in [0.29, 0.717) is 23.9 Å². The van der Waals surface area contributed by atoms with Crippen molar-refractivity contribution in [3.8, 4) is 11.6 Å². The Labute approximate surface area is 162 Å². The Bertz CT molecular complexity index is 856. The van der Waals surface area contributed by atoms with Crippen molar-refractivity contribution in [2.75, 3.05) is 26.0 Å². The third-order valence-electron chi connectivity index (χ3n) is 3.80. The fourth-order valence-corrected chi connectivity index (χ4v) is 3.40. The maximum absolute atomic E-state index is 12.3. The predicted molar refractivity (Wildman–Crippen MR) is 106 cm³/mol. The Hall–Kier alpha value is -2.97. The van der Waals surface area contributed by atoms with Gasteiger partial charge in [0.25, 0.3) is 0 Å². The van der Waals surface area contributed by atoms with Gasteiger partial charge in [0.2, 0.25) is 5.88 Å². The standard InChI is InChI=1S/C19H21N5O2S/c1-24(2)16(17-7-4-10-27-17)12-22-19(25)23-14-5-3-6-15(11-14)26-18-13-20-8-9-21-18/h3-11,13,16H,12H2,1-2H3,(H2,22,23,25)/t16-/m1/s1. The fraction of sp³-hybridized carbons (Fsp3) is 0.211. The van der Waals surface area contributed by atoms with Crippen LogP contribution in [0.1, 0.15) is 10.9 Å². The molecule has 2 N–H and O–H groups in total. The lowest BCUT2D eigenvalue weighted by Gasteiger charge is -2.23. The first-order valence-electron chi connectivity index (χ1n) is 8.40. The van der Waals surface area contributed by atoms with Crippen molar-refractivity contribution in [2.24, 2.45) is 0 Å². The fourth-order valence-electron chi connectivity index (χ4n) is 2.48. The van der Waals surface area contributed by atoms with E-state index in [2.05, 4.69) is 31.6 Å². The number of hydrogen-bond donors (Lipinski definition) is 2. The van der Waals surface area contributed by atoms with E-state index < -0.39 is 0 Å². The highest BCUT2D eigenvalue weighted by atomic mass is 32.1. The smallest absolute Gasteiger partial charge is 0.319 e. The molecule has 2 amide bonds. The molecule has 0 radical (unpaired) electrons. The number of likely N-dealkylation sites (N-methyl/N-ethyl adjacent to an activating group) is 1. The number of aromatic nitrogens is 2. The largest absolute Gasteiger partial charge is 0.437 e. The summed E-state index contributed by atoms with van der Waals surface area (Å²) in [5.41, 5.74) is 0.631. The van der Waals surface area contributed by atoms with Crippen LogP contribution >= 0.6 is 11.3 Å². The van der Waals surface area contributed by atoms with E-state index in [0.717, 1.165) is 0 Å². The number of ether oxygens (including phenoxy) is 1. The van der Waals surface area contributed by atoms with Crippen LogP contribution in [0.3, 0.4) is 0 Å². The average molecular weight is 383 g/mol. The maximum atomic E-state index is 12.3. The molecule has 140 valence electrons. The van der Waals surface area contributed by atoms with Crippen molar-refractivity contribution >= 4 is 23.1 Å². The van der Waals surface area contributed by atoms with Crippen LogP contribution in [-0.2, 0) is 0 Å². The highest BCUT2D eigenvalue weighted by Gasteiger charge is 2.16. The first-order valence-corrected chi connectivity index (χ1v) is 9.28. The SMILES string of the molecule is CN(C)[C@H](CNC(=O)Nc1cccc(Oc2cnccn2)c1)c1cccs1. The van der Waals surface area contributed by atoms with E-state index in [1.807, 2.05) is 25.5 Å². The molecule has 2 heterocycles.